The number of rotatable bonds is 4. The summed E-state index contributed by atoms with van der Waals surface area (Å²) >= 11 is 0. The molecule has 4 rings (SSSR count). The molecule has 126 valence electrons. The zero-order chi connectivity index (χ0) is 17.9. The summed E-state index contributed by atoms with van der Waals surface area (Å²) in [4.78, 5) is 20.6. The maximum absolute atomic E-state index is 12.0. The number of primary amides is 1. The van der Waals surface area contributed by atoms with Gasteiger partial charge in [0.05, 0.1) is 12.4 Å². The third-order valence-corrected chi connectivity index (χ3v) is 3.96. The number of carbonyl (C=O) groups is 1. The van der Waals surface area contributed by atoms with E-state index in [0.29, 0.717) is 11.4 Å². The molecule has 2 N–H and O–H groups in total. The number of hydrogen-bond donors (Lipinski definition) is 1. The van der Waals surface area contributed by atoms with Crippen molar-refractivity contribution >= 4 is 5.91 Å². The molecule has 0 spiro atoms. The number of nitrogens with zero attached hydrogens (tertiary/aromatic N) is 5. The maximum Gasteiger partial charge on any atom is 0.267 e. The van der Waals surface area contributed by atoms with Crippen LogP contribution in [0.25, 0.3) is 28.1 Å². The van der Waals surface area contributed by atoms with Gasteiger partial charge >= 0.3 is 0 Å². The van der Waals surface area contributed by atoms with Crippen LogP contribution >= 0.6 is 0 Å². The van der Waals surface area contributed by atoms with Gasteiger partial charge in [-0.15, -0.1) is 5.10 Å². The molecule has 26 heavy (non-hydrogen) atoms. The molecular formula is C19H14N6O. The number of carbonyl (C=O) groups excluding carboxylic acids is 1. The third kappa shape index (κ3) is 2.71. The quantitative estimate of drug-likeness (QED) is 0.614. The molecule has 0 radical (unpaired) electrons. The van der Waals surface area contributed by atoms with Gasteiger partial charge in [-0.3, -0.25) is 9.78 Å². The van der Waals surface area contributed by atoms with E-state index in [-0.39, 0.29) is 5.69 Å². The Morgan fingerprint density at radius 1 is 0.885 bits per heavy atom. The lowest BCUT2D eigenvalue weighted by atomic mass is 9.93. The summed E-state index contributed by atoms with van der Waals surface area (Å²) in [5.41, 5.74) is 8.89. The van der Waals surface area contributed by atoms with Gasteiger partial charge in [0.15, 0.2) is 5.82 Å². The third-order valence-electron chi connectivity index (χ3n) is 3.96. The summed E-state index contributed by atoms with van der Waals surface area (Å²) in [7, 11) is 0. The number of pyridine rings is 2. The molecule has 0 atom stereocenters. The van der Waals surface area contributed by atoms with E-state index in [1.54, 1.807) is 29.5 Å². The van der Waals surface area contributed by atoms with Crippen molar-refractivity contribution in [3.8, 4) is 28.1 Å². The van der Waals surface area contributed by atoms with Gasteiger partial charge < -0.3 is 5.73 Å². The molecule has 1 aromatic carbocycles. The molecule has 0 aliphatic carbocycles. The van der Waals surface area contributed by atoms with E-state index in [2.05, 4.69) is 20.3 Å². The van der Waals surface area contributed by atoms with Gasteiger partial charge in [0.25, 0.3) is 5.91 Å². The predicted octanol–water partition coefficient (Wildman–Crippen LogP) is 2.49. The van der Waals surface area contributed by atoms with E-state index in [1.807, 2.05) is 48.5 Å². The van der Waals surface area contributed by atoms with Crippen molar-refractivity contribution in [2.75, 3.05) is 0 Å². The average molecular weight is 342 g/mol. The summed E-state index contributed by atoms with van der Waals surface area (Å²) in [6, 6.07) is 15.1. The first kappa shape index (κ1) is 15.6. The normalized spacial score (nSPS) is 10.6. The van der Waals surface area contributed by atoms with E-state index in [4.69, 9.17) is 5.73 Å². The first-order chi connectivity index (χ1) is 12.8. The first-order valence-electron chi connectivity index (χ1n) is 7.92. The Kier molecular flexibility index (Phi) is 3.95. The highest BCUT2D eigenvalue weighted by Crippen LogP contribution is 2.35. The van der Waals surface area contributed by atoms with Crippen molar-refractivity contribution in [2.24, 2.45) is 5.73 Å². The van der Waals surface area contributed by atoms with Crippen LogP contribution in [0.3, 0.4) is 0 Å². The van der Waals surface area contributed by atoms with Gasteiger partial charge in [0.1, 0.15) is 5.69 Å². The average Bonchev–Trinajstić information content (AvgIpc) is 3.23. The SMILES string of the molecule is NC(=O)c1nccc(-c2cccnc2-n2ccnn2)c1-c1ccccc1. The molecule has 4 aromatic rings. The van der Waals surface area contributed by atoms with Gasteiger partial charge in [-0.05, 0) is 29.3 Å². The second kappa shape index (κ2) is 6.56. The van der Waals surface area contributed by atoms with E-state index in [0.717, 1.165) is 16.7 Å². The molecule has 7 heteroatoms. The molecule has 0 saturated carbocycles. The summed E-state index contributed by atoms with van der Waals surface area (Å²) in [5, 5.41) is 7.88. The summed E-state index contributed by atoms with van der Waals surface area (Å²) < 4.78 is 1.58. The minimum Gasteiger partial charge on any atom is -0.364 e. The Labute approximate surface area is 149 Å². The van der Waals surface area contributed by atoms with Gasteiger partial charge in [0, 0.05) is 23.5 Å². The van der Waals surface area contributed by atoms with Crippen molar-refractivity contribution in [1.29, 1.82) is 0 Å². The van der Waals surface area contributed by atoms with Crippen LogP contribution in [-0.4, -0.2) is 30.9 Å². The summed E-state index contributed by atoms with van der Waals surface area (Å²) in [5.74, 6) is 0.0145. The Morgan fingerprint density at radius 3 is 2.46 bits per heavy atom. The van der Waals surface area contributed by atoms with Gasteiger partial charge in [-0.2, -0.15) is 0 Å². The van der Waals surface area contributed by atoms with Crippen molar-refractivity contribution in [3.05, 3.63) is 79.0 Å². The van der Waals surface area contributed by atoms with Crippen LogP contribution in [0, 0.1) is 0 Å². The summed E-state index contributed by atoms with van der Waals surface area (Å²) in [6.07, 6.45) is 6.54. The van der Waals surface area contributed by atoms with Crippen LogP contribution in [0.1, 0.15) is 10.5 Å². The minimum absolute atomic E-state index is 0.210. The van der Waals surface area contributed by atoms with E-state index >= 15 is 0 Å². The second-order valence-electron chi connectivity index (χ2n) is 5.53. The molecule has 0 fully saturated rings. The molecule has 3 heterocycles. The number of amides is 1. The van der Waals surface area contributed by atoms with Crippen LogP contribution in [0.4, 0.5) is 0 Å². The molecule has 0 aliphatic heterocycles. The van der Waals surface area contributed by atoms with Crippen LogP contribution in [0.2, 0.25) is 0 Å². The fourth-order valence-electron chi connectivity index (χ4n) is 2.88. The molecule has 3 aromatic heterocycles. The lowest BCUT2D eigenvalue weighted by Crippen LogP contribution is -2.15. The highest BCUT2D eigenvalue weighted by Gasteiger charge is 2.20. The number of nitrogens with two attached hydrogens (primary N) is 1. The predicted molar refractivity (Wildman–Crippen MR) is 96.3 cm³/mol. The Hall–Kier alpha value is -3.87. The van der Waals surface area contributed by atoms with Gasteiger partial charge in [-0.25, -0.2) is 9.67 Å². The zero-order valence-corrected chi connectivity index (χ0v) is 13.6. The molecule has 0 unspecified atom stereocenters. The van der Waals surface area contributed by atoms with Crippen molar-refractivity contribution in [3.63, 3.8) is 0 Å². The summed E-state index contributed by atoms with van der Waals surface area (Å²) in [6.45, 7) is 0. The van der Waals surface area contributed by atoms with Crippen LogP contribution < -0.4 is 5.73 Å². The van der Waals surface area contributed by atoms with E-state index < -0.39 is 5.91 Å². The second-order valence-corrected chi connectivity index (χ2v) is 5.53. The van der Waals surface area contributed by atoms with E-state index in [9.17, 15) is 4.79 Å². The highest BCUT2D eigenvalue weighted by atomic mass is 16.1. The smallest absolute Gasteiger partial charge is 0.267 e. The fraction of sp³-hybridized carbons (Fsp3) is 0. The van der Waals surface area contributed by atoms with Gasteiger partial charge in [0.2, 0.25) is 0 Å². The van der Waals surface area contributed by atoms with E-state index in [1.165, 1.54) is 0 Å². The molecule has 7 nitrogen and oxygen atoms in total. The molecular weight excluding hydrogens is 328 g/mol. The van der Waals surface area contributed by atoms with Crippen molar-refractivity contribution in [2.45, 2.75) is 0 Å². The minimum atomic E-state index is -0.586. The number of hydrogen-bond acceptors (Lipinski definition) is 5. The highest BCUT2D eigenvalue weighted by molar-refractivity contribution is 6.02. The van der Waals surface area contributed by atoms with Gasteiger partial charge in [-0.1, -0.05) is 35.5 Å². The van der Waals surface area contributed by atoms with Crippen LogP contribution in [0.5, 0.6) is 0 Å². The Balaban J connectivity index is 2.03. The molecule has 1 amide bonds. The molecule has 0 bridgehead atoms. The van der Waals surface area contributed by atoms with Crippen molar-refractivity contribution in [1.82, 2.24) is 25.0 Å². The molecule has 0 saturated heterocycles. The van der Waals surface area contributed by atoms with Crippen molar-refractivity contribution < 1.29 is 4.79 Å². The largest absolute Gasteiger partial charge is 0.364 e. The van der Waals surface area contributed by atoms with Crippen LogP contribution in [-0.2, 0) is 0 Å². The first-order valence-corrected chi connectivity index (χ1v) is 7.92. The number of benzene rings is 1. The zero-order valence-electron chi connectivity index (χ0n) is 13.6. The Bertz CT molecular complexity index is 1060. The number of aromatic nitrogens is 5. The maximum atomic E-state index is 12.0. The molecule has 0 aliphatic rings. The topological polar surface area (TPSA) is 99.6 Å². The fourth-order valence-corrected chi connectivity index (χ4v) is 2.88. The lowest BCUT2D eigenvalue weighted by molar-refractivity contribution is 0.0996. The van der Waals surface area contributed by atoms with Crippen LogP contribution in [0.15, 0.2) is 73.3 Å². The monoisotopic (exact) mass is 342 g/mol. The standard InChI is InChI=1S/C19H14N6O/c20-18(26)17-16(13-5-2-1-3-6-13)14(8-10-21-17)15-7-4-9-22-19(15)25-12-11-23-24-25/h1-12H,(H2,20,26). The lowest BCUT2D eigenvalue weighted by Gasteiger charge is -2.15. The Morgan fingerprint density at radius 2 is 1.73 bits per heavy atom.